The molecule has 2 heterocycles. The molecule has 1 amide bonds. The topological polar surface area (TPSA) is 81.1 Å². The zero-order valence-electron chi connectivity index (χ0n) is 15.5. The number of hydrogen-bond acceptors (Lipinski definition) is 6. The van der Waals surface area contributed by atoms with Gasteiger partial charge in [-0.1, -0.05) is 37.7 Å². The molecule has 0 radical (unpaired) electrons. The molecule has 2 atom stereocenters. The summed E-state index contributed by atoms with van der Waals surface area (Å²) in [6.45, 7) is 9.28. The third-order valence-corrected chi connectivity index (χ3v) is 5.31. The number of rotatable bonds is 6. The molecule has 2 aromatic rings. The van der Waals surface area contributed by atoms with Crippen LogP contribution in [0.1, 0.15) is 38.2 Å². The Bertz CT molecular complexity index is 759. The lowest BCUT2D eigenvalue weighted by Gasteiger charge is -2.33. The maximum atomic E-state index is 12.8. The van der Waals surface area contributed by atoms with Gasteiger partial charge in [0.1, 0.15) is 16.8 Å². The molecule has 26 heavy (non-hydrogen) atoms. The Morgan fingerprint density at radius 2 is 2.08 bits per heavy atom. The SMILES string of the molecule is CCOc1ccc([C@@H]2Nn3c(C)nnc3S[C@@H]2C(=O)NCC(C)C)cc1. The van der Waals surface area contributed by atoms with Gasteiger partial charge in [-0.2, -0.15) is 0 Å². The van der Waals surface area contributed by atoms with Crippen molar-refractivity contribution in [2.24, 2.45) is 5.92 Å². The van der Waals surface area contributed by atoms with Crippen LogP contribution in [0.15, 0.2) is 29.4 Å². The van der Waals surface area contributed by atoms with Crippen molar-refractivity contribution in [2.75, 3.05) is 18.6 Å². The van der Waals surface area contributed by atoms with Gasteiger partial charge < -0.3 is 15.5 Å². The number of nitrogens with one attached hydrogen (secondary N) is 2. The number of benzene rings is 1. The number of thioether (sulfide) groups is 1. The minimum atomic E-state index is -0.331. The highest BCUT2D eigenvalue weighted by Gasteiger charge is 2.37. The van der Waals surface area contributed by atoms with Crippen LogP contribution in [-0.4, -0.2) is 39.2 Å². The number of carbonyl (C=O) groups is 1. The van der Waals surface area contributed by atoms with E-state index in [1.54, 1.807) is 0 Å². The monoisotopic (exact) mass is 375 g/mol. The Morgan fingerprint density at radius 3 is 2.73 bits per heavy atom. The summed E-state index contributed by atoms with van der Waals surface area (Å²) >= 11 is 1.44. The number of ether oxygens (including phenoxy) is 1. The number of nitrogens with zero attached hydrogens (tertiary/aromatic N) is 3. The van der Waals surface area contributed by atoms with Crippen molar-refractivity contribution < 1.29 is 9.53 Å². The predicted octanol–water partition coefficient (Wildman–Crippen LogP) is 2.52. The van der Waals surface area contributed by atoms with Gasteiger partial charge in [0.2, 0.25) is 11.1 Å². The van der Waals surface area contributed by atoms with E-state index >= 15 is 0 Å². The number of fused-ring (bicyclic) bond motifs is 1. The van der Waals surface area contributed by atoms with E-state index in [0.29, 0.717) is 24.2 Å². The van der Waals surface area contributed by atoms with Gasteiger partial charge in [-0.3, -0.25) is 4.79 Å². The molecule has 140 valence electrons. The number of aromatic nitrogens is 3. The van der Waals surface area contributed by atoms with Crippen molar-refractivity contribution in [2.45, 2.75) is 44.1 Å². The molecule has 1 aliphatic rings. The maximum Gasteiger partial charge on any atom is 0.236 e. The van der Waals surface area contributed by atoms with Crippen LogP contribution in [0.5, 0.6) is 5.75 Å². The molecule has 0 spiro atoms. The van der Waals surface area contributed by atoms with E-state index in [2.05, 4.69) is 34.8 Å². The second-order valence-corrected chi connectivity index (χ2v) is 7.76. The average molecular weight is 375 g/mol. The molecular formula is C18H25N5O2S. The summed E-state index contributed by atoms with van der Waals surface area (Å²) in [7, 11) is 0. The van der Waals surface area contributed by atoms with E-state index in [-0.39, 0.29) is 17.2 Å². The van der Waals surface area contributed by atoms with E-state index in [1.807, 2.05) is 42.8 Å². The minimum Gasteiger partial charge on any atom is -0.494 e. The highest BCUT2D eigenvalue weighted by Crippen LogP contribution is 2.37. The number of aryl methyl sites for hydroxylation is 1. The van der Waals surface area contributed by atoms with Gasteiger partial charge in [-0.05, 0) is 37.5 Å². The largest absolute Gasteiger partial charge is 0.494 e. The molecule has 1 aliphatic heterocycles. The predicted molar refractivity (Wildman–Crippen MR) is 102 cm³/mol. The number of hydrogen-bond donors (Lipinski definition) is 2. The third kappa shape index (κ3) is 3.95. The molecule has 7 nitrogen and oxygen atoms in total. The van der Waals surface area contributed by atoms with Crippen molar-refractivity contribution in [1.82, 2.24) is 20.2 Å². The molecule has 0 unspecified atom stereocenters. The van der Waals surface area contributed by atoms with Crippen molar-refractivity contribution in [3.05, 3.63) is 35.7 Å². The van der Waals surface area contributed by atoms with Crippen molar-refractivity contribution in [1.29, 1.82) is 0 Å². The fraction of sp³-hybridized carbons (Fsp3) is 0.500. The van der Waals surface area contributed by atoms with Gasteiger partial charge >= 0.3 is 0 Å². The lowest BCUT2D eigenvalue weighted by molar-refractivity contribution is -0.121. The molecule has 0 fully saturated rings. The summed E-state index contributed by atoms with van der Waals surface area (Å²) in [4.78, 5) is 12.8. The summed E-state index contributed by atoms with van der Waals surface area (Å²) in [6.07, 6.45) is 0. The van der Waals surface area contributed by atoms with Crippen molar-refractivity contribution >= 4 is 17.7 Å². The van der Waals surface area contributed by atoms with Gasteiger partial charge in [-0.15, -0.1) is 10.2 Å². The molecular weight excluding hydrogens is 350 g/mol. The summed E-state index contributed by atoms with van der Waals surface area (Å²) in [5.74, 6) is 1.99. The van der Waals surface area contributed by atoms with Crippen molar-refractivity contribution in [3.8, 4) is 5.75 Å². The molecule has 3 rings (SSSR count). The van der Waals surface area contributed by atoms with Crippen LogP contribution in [0.25, 0.3) is 0 Å². The van der Waals surface area contributed by atoms with Crippen LogP contribution >= 0.6 is 11.8 Å². The van der Waals surface area contributed by atoms with E-state index in [9.17, 15) is 4.79 Å². The van der Waals surface area contributed by atoms with E-state index in [1.165, 1.54) is 11.8 Å². The van der Waals surface area contributed by atoms with Crippen LogP contribution in [0, 0.1) is 12.8 Å². The second-order valence-electron chi connectivity index (χ2n) is 6.65. The first-order chi connectivity index (χ1) is 12.5. The van der Waals surface area contributed by atoms with E-state index in [0.717, 1.165) is 17.1 Å². The Kier molecular flexibility index (Phi) is 5.70. The normalized spacial score (nSPS) is 19.0. The quantitative estimate of drug-likeness (QED) is 0.807. The Morgan fingerprint density at radius 1 is 1.35 bits per heavy atom. The minimum absolute atomic E-state index is 0.00184. The van der Waals surface area contributed by atoms with Crippen LogP contribution in [0.2, 0.25) is 0 Å². The van der Waals surface area contributed by atoms with Gasteiger partial charge in [0.25, 0.3) is 0 Å². The summed E-state index contributed by atoms with van der Waals surface area (Å²) < 4.78 is 7.37. The first-order valence-electron chi connectivity index (χ1n) is 8.85. The van der Waals surface area contributed by atoms with Crippen LogP contribution in [0.3, 0.4) is 0 Å². The van der Waals surface area contributed by atoms with Gasteiger partial charge in [0.05, 0.1) is 12.6 Å². The first-order valence-corrected chi connectivity index (χ1v) is 9.73. The fourth-order valence-corrected chi connectivity index (χ4v) is 3.90. The Labute approximate surface area is 157 Å². The lowest BCUT2D eigenvalue weighted by Crippen LogP contribution is -2.44. The first kappa shape index (κ1) is 18.6. The van der Waals surface area contributed by atoms with Crippen LogP contribution in [-0.2, 0) is 4.79 Å². The zero-order valence-corrected chi connectivity index (χ0v) is 16.3. The molecule has 0 aliphatic carbocycles. The highest BCUT2D eigenvalue weighted by molar-refractivity contribution is 8.00. The van der Waals surface area contributed by atoms with Crippen molar-refractivity contribution in [3.63, 3.8) is 0 Å². The second kappa shape index (κ2) is 7.99. The lowest BCUT2D eigenvalue weighted by atomic mass is 10.0. The van der Waals surface area contributed by atoms with Gasteiger partial charge in [0.15, 0.2) is 0 Å². The number of amides is 1. The van der Waals surface area contributed by atoms with Crippen LogP contribution < -0.4 is 15.5 Å². The van der Waals surface area contributed by atoms with E-state index < -0.39 is 0 Å². The molecule has 0 bridgehead atoms. The molecule has 1 aromatic heterocycles. The Balaban J connectivity index is 1.87. The fourth-order valence-electron chi connectivity index (χ4n) is 2.75. The molecule has 0 saturated carbocycles. The molecule has 0 saturated heterocycles. The van der Waals surface area contributed by atoms with Gasteiger partial charge in [-0.25, -0.2) is 4.68 Å². The van der Waals surface area contributed by atoms with Gasteiger partial charge in [0, 0.05) is 6.54 Å². The van der Waals surface area contributed by atoms with Crippen LogP contribution in [0.4, 0.5) is 0 Å². The maximum absolute atomic E-state index is 12.8. The van der Waals surface area contributed by atoms with E-state index in [4.69, 9.17) is 4.74 Å². The summed E-state index contributed by atoms with van der Waals surface area (Å²) in [6, 6.07) is 7.67. The highest BCUT2D eigenvalue weighted by atomic mass is 32.2. The smallest absolute Gasteiger partial charge is 0.236 e. The standard InChI is InChI=1S/C18H25N5O2S/c1-5-25-14-8-6-13(7-9-14)15-16(17(24)19-10-11(2)3)26-18-21-20-12(4)23(18)22-15/h6-9,11,15-16,22H,5,10H2,1-4H3,(H,19,24)/t15-,16-/m0/s1. The summed E-state index contributed by atoms with van der Waals surface area (Å²) in [5, 5.41) is 11.7. The summed E-state index contributed by atoms with van der Waals surface area (Å²) in [5.41, 5.74) is 4.42. The average Bonchev–Trinajstić information content (AvgIpc) is 3.00. The number of carbonyl (C=O) groups excluding carboxylic acids is 1. The third-order valence-electron chi connectivity index (χ3n) is 4.09. The molecule has 2 N–H and O–H groups in total. The molecule has 1 aromatic carbocycles. The molecule has 8 heteroatoms. The Hall–Kier alpha value is -2.22. The zero-order chi connectivity index (χ0) is 18.7.